The number of nitrogens with zero attached hydrogens (tertiary/aromatic N) is 3. The number of aromatic nitrogens is 3. The Morgan fingerprint density at radius 1 is 1.00 bits per heavy atom. The smallest absolute Gasteiger partial charge is 0.224 e. The van der Waals surface area contributed by atoms with Crippen molar-refractivity contribution in [2.24, 2.45) is 0 Å². The van der Waals surface area contributed by atoms with Crippen molar-refractivity contribution in [3.8, 4) is 5.69 Å². The predicted molar refractivity (Wildman–Crippen MR) is 116 cm³/mol. The zero-order valence-electron chi connectivity index (χ0n) is 16.5. The summed E-state index contributed by atoms with van der Waals surface area (Å²) in [5, 5.41) is 2.97. The lowest BCUT2D eigenvalue weighted by atomic mass is 10.1. The number of nitrogens with one attached hydrogen (secondary N) is 1. The zero-order valence-corrected chi connectivity index (χ0v) is 16.5. The van der Waals surface area contributed by atoms with Crippen LogP contribution in [0.2, 0.25) is 0 Å². The number of hydrogen-bond donors (Lipinski definition) is 1. The van der Waals surface area contributed by atoms with Gasteiger partial charge in [-0.2, -0.15) is 0 Å². The number of aryl methyl sites for hydroxylation is 2. The molecule has 0 unspecified atom stereocenters. The standard InChI is InChI=1S/C24H24N4O/c1-2-18-13-15-19(16-14-18)26-23(29)12-6-11-22-27-21-10-7-17-25-24(21)28(22)20-8-4-3-5-9-20/h3-5,7-10,13-17H,2,6,11-12H2,1H3,(H,26,29). The molecule has 1 amide bonds. The van der Waals surface area contributed by atoms with Crippen LogP contribution < -0.4 is 5.32 Å². The molecule has 0 atom stereocenters. The summed E-state index contributed by atoms with van der Waals surface area (Å²) >= 11 is 0. The Labute approximate surface area is 170 Å². The van der Waals surface area contributed by atoms with E-state index in [1.807, 2.05) is 66.7 Å². The fourth-order valence-corrected chi connectivity index (χ4v) is 3.43. The van der Waals surface area contributed by atoms with E-state index >= 15 is 0 Å². The van der Waals surface area contributed by atoms with Crippen molar-refractivity contribution in [3.05, 3.63) is 84.3 Å². The first-order valence-corrected chi connectivity index (χ1v) is 10.0. The quantitative estimate of drug-likeness (QED) is 0.491. The number of pyridine rings is 1. The van der Waals surface area contributed by atoms with E-state index in [0.717, 1.165) is 41.2 Å². The highest BCUT2D eigenvalue weighted by molar-refractivity contribution is 5.90. The topological polar surface area (TPSA) is 59.8 Å². The van der Waals surface area contributed by atoms with Gasteiger partial charge in [-0.3, -0.25) is 9.36 Å². The molecule has 2 aromatic carbocycles. The van der Waals surface area contributed by atoms with Gasteiger partial charge in [-0.15, -0.1) is 0 Å². The molecule has 0 bridgehead atoms. The van der Waals surface area contributed by atoms with Gasteiger partial charge in [0.05, 0.1) is 0 Å². The first-order valence-electron chi connectivity index (χ1n) is 10.0. The number of carbonyl (C=O) groups is 1. The molecule has 0 aliphatic carbocycles. The minimum absolute atomic E-state index is 0.0229. The summed E-state index contributed by atoms with van der Waals surface area (Å²) in [6, 6.07) is 22.0. The second-order valence-electron chi connectivity index (χ2n) is 7.00. The molecule has 0 saturated carbocycles. The molecule has 4 aromatic rings. The molecule has 1 N–H and O–H groups in total. The van der Waals surface area contributed by atoms with E-state index in [1.54, 1.807) is 6.20 Å². The minimum atomic E-state index is 0.0229. The lowest BCUT2D eigenvalue weighted by molar-refractivity contribution is -0.116. The highest BCUT2D eigenvalue weighted by Crippen LogP contribution is 2.21. The molecule has 0 aliphatic rings. The molecule has 5 nitrogen and oxygen atoms in total. The van der Waals surface area contributed by atoms with Crippen LogP contribution in [-0.4, -0.2) is 20.4 Å². The van der Waals surface area contributed by atoms with E-state index in [-0.39, 0.29) is 5.91 Å². The van der Waals surface area contributed by atoms with Gasteiger partial charge in [-0.25, -0.2) is 9.97 Å². The molecular weight excluding hydrogens is 360 g/mol. The third-order valence-corrected chi connectivity index (χ3v) is 4.95. The number of benzene rings is 2. The van der Waals surface area contributed by atoms with Crippen LogP contribution in [0.25, 0.3) is 16.9 Å². The van der Waals surface area contributed by atoms with Gasteiger partial charge in [-0.05, 0) is 54.8 Å². The van der Waals surface area contributed by atoms with E-state index in [4.69, 9.17) is 4.98 Å². The Morgan fingerprint density at radius 2 is 1.79 bits per heavy atom. The molecule has 5 heteroatoms. The molecule has 0 saturated heterocycles. The highest BCUT2D eigenvalue weighted by Gasteiger charge is 2.13. The molecular formula is C24H24N4O. The molecule has 0 fully saturated rings. The maximum absolute atomic E-state index is 12.3. The Bertz CT molecular complexity index is 1100. The van der Waals surface area contributed by atoms with Crippen molar-refractivity contribution in [1.29, 1.82) is 0 Å². The van der Waals surface area contributed by atoms with Crippen molar-refractivity contribution in [2.45, 2.75) is 32.6 Å². The monoisotopic (exact) mass is 384 g/mol. The summed E-state index contributed by atoms with van der Waals surface area (Å²) in [6.45, 7) is 2.12. The number of fused-ring (bicyclic) bond motifs is 1. The van der Waals surface area contributed by atoms with Crippen LogP contribution in [-0.2, 0) is 17.6 Å². The van der Waals surface area contributed by atoms with Gasteiger partial charge >= 0.3 is 0 Å². The van der Waals surface area contributed by atoms with Gasteiger partial charge < -0.3 is 5.32 Å². The lowest BCUT2D eigenvalue weighted by Gasteiger charge is -2.09. The third-order valence-electron chi connectivity index (χ3n) is 4.95. The molecule has 29 heavy (non-hydrogen) atoms. The minimum Gasteiger partial charge on any atom is -0.326 e. The maximum Gasteiger partial charge on any atom is 0.224 e. The second-order valence-corrected chi connectivity index (χ2v) is 7.00. The molecule has 0 radical (unpaired) electrons. The van der Waals surface area contributed by atoms with E-state index in [1.165, 1.54) is 5.56 Å². The fourth-order valence-electron chi connectivity index (χ4n) is 3.43. The first kappa shape index (κ1) is 18.9. The third kappa shape index (κ3) is 4.35. The van der Waals surface area contributed by atoms with Crippen LogP contribution >= 0.6 is 0 Å². The van der Waals surface area contributed by atoms with Gasteiger partial charge in [0.1, 0.15) is 11.3 Å². The SMILES string of the molecule is CCc1ccc(NC(=O)CCCc2nc3cccnc3n2-c2ccccc2)cc1. The van der Waals surface area contributed by atoms with E-state index in [9.17, 15) is 4.79 Å². The van der Waals surface area contributed by atoms with Crippen molar-refractivity contribution < 1.29 is 4.79 Å². The predicted octanol–water partition coefficient (Wildman–Crippen LogP) is 4.94. The van der Waals surface area contributed by atoms with Gasteiger partial charge in [0, 0.05) is 30.4 Å². The molecule has 2 aromatic heterocycles. The highest BCUT2D eigenvalue weighted by atomic mass is 16.1. The number of carbonyl (C=O) groups excluding carboxylic acids is 1. The van der Waals surface area contributed by atoms with Crippen molar-refractivity contribution in [1.82, 2.24) is 14.5 Å². The maximum atomic E-state index is 12.3. The second kappa shape index (κ2) is 8.69. The largest absolute Gasteiger partial charge is 0.326 e. The molecule has 0 aliphatic heterocycles. The molecule has 4 rings (SSSR count). The van der Waals surface area contributed by atoms with Crippen LogP contribution in [0.3, 0.4) is 0 Å². The van der Waals surface area contributed by atoms with Crippen molar-refractivity contribution in [3.63, 3.8) is 0 Å². The number of rotatable bonds is 7. The summed E-state index contributed by atoms with van der Waals surface area (Å²) in [5.74, 6) is 0.944. The number of para-hydroxylation sites is 1. The molecule has 146 valence electrons. The summed E-state index contributed by atoms with van der Waals surface area (Å²) in [5.41, 5.74) is 4.84. The van der Waals surface area contributed by atoms with Crippen LogP contribution in [0, 0.1) is 0 Å². The Morgan fingerprint density at radius 3 is 2.55 bits per heavy atom. The Kier molecular flexibility index (Phi) is 5.66. The average molecular weight is 384 g/mol. The molecule has 2 heterocycles. The summed E-state index contributed by atoms with van der Waals surface area (Å²) < 4.78 is 2.08. The molecule has 0 spiro atoms. The Balaban J connectivity index is 1.45. The van der Waals surface area contributed by atoms with E-state index in [2.05, 4.69) is 21.8 Å². The lowest BCUT2D eigenvalue weighted by Crippen LogP contribution is -2.12. The summed E-state index contributed by atoms with van der Waals surface area (Å²) in [4.78, 5) is 21.6. The van der Waals surface area contributed by atoms with Gasteiger partial charge in [-0.1, -0.05) is 37.3 Å². The van der Waals surface area contributed by atoms with Gasteiger partial charge in [0.15, 0.2) is 5.65 Å². The Hall–Kier alpha value is -3.47. The first-order chi connectivity index (χ1) is 14.2. The van der Waals surface area contributed by atoms with E-state index < -0.39 is 0 Å². The van der Waals surface area contributed by atoms with Gasteiger partial charge in [0.2, 0.25) is 5.91 Å². The fraction of sp³-hybridized carbons (Fsp3) is 0.208. The van der Waals surface area contributed by atoms with Crippen molar-refractivity contribution in [2.75, 3.05) is 5.32 Å². The average Bonchev–Trinajstić information content (AvgIpc) is 3.13. The number of amides is 1. The number of anilines is 1. The van der Waals surface area contributed by atoms with Crippen LogP contribution in [0.1, 0.15) is 31.2 Å². The summed E-state index contributed by atoms with van der Waals surface area (Å²) in [6.07, 6.45) is 4.64. The van der Waals surface area contributed by atoms with Crippen LogP contribution in [0.4, 0.5) is 5.69 Å². The van der Waals surface area contributed by atoms with Crippen molar-refractivity contribution >= 4 is 22.8 Å². The number of hydrogen-bond acceptors (Lipinski definition) is 3. The van der Waals surface area contributed by atoms with Crippen LogP contribution in [0.15, 0.2) is 72.9 Å². The van der Waals surface area contributed by atoms with Gasteiger partial charge in [0.25, 0.3) is 0 Å². The summed E-state index contributed by atoms with van der Waals surface area (Å²) in [7, 11) is 0. The van der Waals surface area contributed by atoms with E-state index in [0.29, 0.717) is 12.8 Å². The number of imidazole rings is 1. The van der Waals surface area contributed by atoms with Crippen LogP contribution in [0.5, 0.6) is 0 Å². The zero-order chi connectivity index (χ0) is 20.1. The normalized spacial score (nSPS) is 10.9.